The number of hydrogen-bond donors (Lipinski definition) is 0. The molecule has 2 unspecified atom stereocenters. The molecule has 86 valence electrons. The second kappa shape index (κ2) is 4.37. The summed E-state index contributed by atoms with van der Waals surface area (Å²) in [5.74, 6) is 1.30. The lowest BCUT2D eigenvalue weighted by atomic mass is 10.3. The predicted molar refractivity (Wildman–Crippen MR) is 61.3 cm³/mol. The predicted octanol–water partition coefficient (Wildman–Crippen LogP) is 1.86. The lowest BCUT2D eigenvalue weighted by molar-refractivity contribution is 0.0781. The maximum atomic E-state index is 11.9. The quantitative estimate of drug-likeness (QED) is 0.809. The molecule has 0 aliphatic heterocycles. The summed E-state index contributed by atoms with van der Waals surface area (Å²) < 4.78 is 0. The Labute approximate surface area is 99.6 Å². The molecule has 1 aliphatic carbocycles. The van der Waals surface area contributed by atoms with Gasteiger partial charge in [-0.2, -0.15) is 0 Å². The fourth-order valence-corrected chi connectivity index (χ4v) is 1.80. The van der Waals surface area contributed by atoms with E-state index in [0.717, 1.165) is 12.5 Å². The first-order chi connectivity index (χ1) is 7.58. The van der Waals surface area contributed by atoms with Crippen LogP contribution >= 0.6 is 11.6 Å². The fourth-order valence-electron chi connectivity index (χ4n) is 1.71. The molecule has 1 amide bonds. The molecule has 2 atom stereocenters. The average molecular weight is 240 g/mol. The zero-order valence-corrected chi connectivity index (χ0v) is 10.1. The Morgan fingerprint density at radius 1 is 1.56 bits per heavy atom. The highest BCUT2D eigenvalue weighted by Crippen LogP contribution is 2.38. The number of halogens is 1. The first kappa shape index (κ1) is 11.3. The van der Waals surface area contributed by atoms with Crippen LogP contribution in [-0.2, 0) is 0 Å². The van der Waals surface area contributed by atoms with Crippen molar-refractivity contribution in [1.29, 1.82) is 0 Å². The number of hydrogen-bond acceptors (Lipinski definition) is 3. The van der Waals surface area contributed by atoms with E-state index < -0.39 is 0 Å². The summed E-state index contributed by atoms with van der Waals surface area (Å²) in [6.07, 6.45) is 4.02. The molecule has 1 fully saturated rings. The highest BCUT2D eigenvalue weighted by Gasteiger charge is 2.34. The van der Waals surface area contributed by atoms with E-state index in [1.807, 2.05) is 0 Å². The van der Waals surface area contributed by atoms with E-state index in [4.69, 9.17) is 11.6 Å². The normalized spacial score (nSPS) is 22.9. The van der Waals surface area contributed by atoms with Gasteiger partial charge in [0.05, 0.1) is 12.4 Å². The summed E-state index contributed by atoms with van der Waals surface area (Å²) in [7, 11) is 1.80. The molecule has 5 heteroatoms. The number of amides is 1. The lowest BCUT2D eigenvalue weighted by Crippen LogP contribution is -2.29. The minimum Gasteiger partial charge on any atom is -0.340 e. The van der Waals surface area contributed by atoms with Crippen LogP contribution in [0.25, 0.3) is 0 Å². The van der Waals surface area contributed by atoms with Crippen LogP contribution in [-0.4, -0.2) is 34.4 Å². The summed E-state index contributed by atoms with van der Waals surface area (Å²) in [5, 5.41) is 0.301. The molecule has 0 bridgehead atoms. The first-order valence-electron chi connectivity index (χ1n) is 5.31. The van der Waals surface area contributed by atoms with Crippen LogP contribution in [0.1, 0.15) is 23.8 Å². The van der Waals surface area contributed by atoms with Crippen LogP contribution in [0.5, 0.6) is 0 Å². The Morgan fingerprint density at radius 2 is 2.25 bits per heavy atom. The van der Waals surface area contributed by atoms with Gasteiger partial charge in [-0.1, -0.05) is 18.5 Å². The molecule has 2 rings (SSSR count). The molecule has 0 N–H and O–H groups in total. The average Bonchev–Trinajstić information content (AvgIpc) is 2.94. The lowest BCUT2D eigenvalue weighted by Gasteiger charge is -2.16. The smallest absolute Gasteiger partial charge is 0.273 e. The molecule has 0 aromatic carbocycles. The van der Waals surface area contributed by atoms with E-state index in [1.54, 1.807) is 11.9 Å². The molecule has 0 radical (unpaired) electrons. The van der Waals surface area contributed by atoms with Crippen molar-refractivity contribution in [1.82, 2.24) is 14.9 Å². The summed E-state index contributed by atoms with van der Waals surface area (Å²) in [5.41, 5.74) is 0.347. The van der Waals surface area contributed by atoms with Crippen LogP contribution in [0.2, 0.25) is 5.15 Å². The SMILES string of the molecule is CC1CC1CN(C)C(=O)c1cnc(Cl)cn1. The van der Waals surface area contributed by atoms with E-state index in [-0.39, 0.29) is 5.91 Å². The first-order valence-corrected chi connectivity index (χ1v) is 5.68. The monoisotopic (exact) mass is 239 g/mol. The largest absolute Gasteiger partial charge is 0.340 e. The number of nitrogens with zero attached hydrogens (tertiary/aromatic N) is 3. The Hall–Kier alpha value is -1.16. The van der Waals surface area contributed by atoms with Gasteiger partial charge < -0.3 is 4.90 Å². The van der Waals surface area contributed by atoms with Gasteiger partial charge in [-0.15, -0.1) is 0 Å². The van der Waals surface area contributed by atoms with Gasteiger partial charge in [0.2, 0.25) is 0 Å². The van der Waals surface area contributed by atoms with Crippen molar-refractivity contribution in [3.63, 3.8) is 0 Å². The molecular weight excluding hydrogens is 226 g/mol. The molecule has 1 saturated carbocycles. The van der Waals surface area contributed by atoms with Gasteiger partial charge >= 0.3 is 0 Å². The van der Waals surface area contributed by atoms with E-state index in [9.17, 15) is 4.79 Å². The molecule has 1 aliphatic rings. The topological polar surface area (TPSA) is 46.1 Å². The molecule has 16 heavy (non-hydrogen) atoms. The summed E-state index contributed by atoms with van der Waals surface area (Å²) >= 11 is 5.61. The fraction of sp³-hybridized carbons (Fsp3) is 0.545. The zero-order chi connectivity index (χ0) is 11.7. The maximum Gasteiger partial charge on any atom is 0.273 e. The molecular formula is C11H14ClN3O. The van der Waals surface area contributed by atoms with Crippen LogP contribution < -0.4 is 0 Å². The third-order valence-electron chi connectivity index (χ3n) is 2.97. The second-order valence-electron chi connectivity index (χ2n) is 4.38. The van der Waals surface area contributed by atoms with E-state index in [1.165, 1.54) is 18.8 Å². The third kappa shape index (κ3) is 2.50. The highest BCUT2D eigenvalue weighted by molar-refractivity contribution is 6.29. The molecule has 0 spiro atoms. The van der Waals surface area contributed by atoms with Crippen LogP contribution in [0.15, 0.2) is 12.4 Å². The molecule has 1 aromatic rings. The Morgan fingerprint density at radius 3 is 2.75 bits per heavy atom. The van der Waals surface area contributed by atoms with Gasteiger partial charge in [-0.05, 0) is 18.3 Å². The van der Waals surface area contributed by atoms with Gasteiger partial charge in [0.25, 0.3) is 5.91 Å². The summed E-state index contributed by atoms with van der Waals surface area (Å²) in [6.45, 7) is 3.00. The molecule has 0 saturated heterocycles. The van der Waals surface area contributed by atoms with Gasteiger partial charge in [0.1, 0.15) is 10.8 Å². The number of carbonyl (C=O) groups is 1. The third-order valence-corrected chi connectivity index (χ3v) is 3.17. The van der Waals surface area contributed by atoms with Crippen molar-refractivity contribution in [2.24, 2.45) is 11.8 Å². The minimum atomic E-state index is -0.0942. The van der Waals surface area contributed by atoms with E-state index in [2.05, 4.69) is 16.9 Å². The van der Waals surface area contributed by atoms with Gasteiger partial charge in [-0.3, -0.25) is 4.79 Å². The van der Waals surface area contributed by atoms with Crippen LogP contribution in [0, 0.1) is 11.8 Å². The van der Waals surface area contributed by atoms with Crippen molar-refractivity contribution in [2.45, 2.75) is 13.3 Å². The number of aromatic nitrogens is 2. The Balaban J connectivity index is 1.98. The van der Waals surface area contributed by atoms with E-state index >= 15 is 0 Å². The van der Waals surface area contributed by atoms with Crippen LogP contribution in [0.4, 0.5) is 0 Å². The molecule has 1 heterocycles. The van der Waals surface area contributed by atoms with Gasteiger partial charge in [0, 0.05) is 13.6 Å². The number of carbonyl (C=O) groups excluding carboxylic acids is 1. The summed E-state index contributed by atoms with van der Waals surface area (Å²) in [6, 6.07) is 0. The summed E-state index contributed by atoms with van der Waals surface area (Å²) in [4.78, 5) is 21.4. The van der Waals surface area contributed by atoms with Crippen molar-refractivity contribution >= 4 is 17.5 Å². The van der Waals surface area contributed by atoms with Crippen molar-refractivity contribution in [3.05, 3.63) is 23.2 Å². The van der Waals surface area contributed by atoms with Crippen LogP contribution in [0.3, 0.4) is 0 Å². The minimum absolute atomic E-state index is 0.0942. The highest BCUT2D eigenvalue weighted by atomic mass is 35.5. The Kier molecular flexibility index (Phi) is 3.10. The van der Waals surface area contributed by atoms with Crippen molar-refractivity contribution < 1.29 is 4.79 Å². The van der Waals surface area contributed by atoms with Gasteiger partial charge in [0.15, 0.2) is 0 Å². The second-order valence-corrected chi connectivity index (χ2v) is 4.77. The van der Waals surface area contributed by atoms with Crippen molar-refractivity contribution in [2.75, 3.05) is 13.6 Å². The standard InChI is InChI=1S/C11H14ClN3O/c1-7-3-8(7)6-15(2)11(16)9-4-14-10(12)5-13-9/h4-5,7-8H,3,6H2,1-2H3. The molecule has 4 nitrogen and oxygen atoms in total. The zero-order valence-electron chi connectivity index (χ0n) is 9.35. The maximum absolute atomic E-state index is 11.9. The van der Waals surface area contributed by atoms with E-state index in [0.29, 0.717) is 16.8 Å². The number of rotatable bonds is 3. The van der Waals surface area contributed by atoms with Crippen molar-refractivity contribution in [3.8, 4) is 0 Å². The Bertz CT molecular complexity index is 393. The van der Waals surface area contributed by atoms with Gasteiger partial charge in [-0.25, -0.2) is 9.97 Å². The molecule has 1 aromatic heterocycles.